The monoisotopic (exact) mass is 393 g/mol. The fourth-order valence-electron chi connectivity index (χ4n) is 4.61. The first-order valence-corrected chi connectivity index (χ1v) is 10.1. The van der Waals surface area contributed by atoms with Crippen molar-refractivity contribution >= 4 is 11.8 Å². The van der Waals surface area contributed by atoms with E-state index in [-0.39, 0.29) is 23.1 Å². The van der Waals surface area contributed by atoms with Gasteiger partial charge in [0.2, 0.25) is 5.91 Å². The molecule has 1 aliphatic heterocycles. The largest absolute Gasteiger partial charge is 0.497 e. The molecule has 1 atom stereocenters. The first-order chi connectivity index (χ1) is 14.0. The minimum atomic E-state index is -0.157. The first-order valence-electron chi connectivity index (χ1n) is 10.1. The molecule has 1 aromatic heterocycles. The van der Waals surface area contributed by atoms with E-state index in [9.17, 15) is 9.59 Å². The van der Waals surface area contributed by atoms with E-state index in [2.05, 4.69) is 10.3 Å². The van der Waals surface area contributed by atoms with Gasteiger partial charge in [0.05, 0.1) is 13.0 Å². The van der Waals surface area contributed by atoms with Gasteiger partial charge < -0.3 is 15.0 Å². The molecule has 2 aliphatic rings. The van der Waals surface area contributed by atoms with Crippen LogP contribution in [0, 0.1) is 18.3 Å². The van der Waals surface area contributed by atoms with Crippen LogP contribution in [-0.2, 0) is 11.3 Å². The zero-order valence-electron chi connectivity index (χ0n) is 17.0. The summed E-state index contributed by atoms with van der Waals surface area (Å²) in [5.74, 6) is 0.619. The van der Waals surface area contributed by atoms with Crippen LogP contribution in [0.1, 0.15) is 40.7 Å². The van der Waals surface area contributed by atoms with Crippen LogP contribution in [0.3, 0.4) is 0 Å². The number of aromatic nitrogens is 1. The molecule has 2 aromatic rings. The van der Waals surface area contributed by atoms with E-state index in [1.807, 2.05) is 42.2 Å². The second-order valence-corrected chi connectivity index (χ2v) is 8.21. The molecule has 2 heterocycles. The molecule has 6 heteroatoms. The minimum Gasteiger partial charge on any atom is -0.497 e. The third-order valence-corrected chi connectivity index (χ3v) is 6.45. The van der Waals surface area contributed by atoms with E-state index in [4.69, 9.17) is 4.74 Å². The topological polar surface area (TPSA) is 71.5 Å². The SMILES string of the molecule is COc1ccc(C(=O)N2CC(C(=O)NCc3cccnc3)C3(CCC3)C2)c(C)c1. The Morgan fingerprint density at radius 1 is 1.31 bits per heavy atom. The Morgan fingerprint density at radius 2 is 2.14 bits per heavy atom. The quantitative estimate of drug-likeness (QED) is 0.848. The third-order valence-electron chi connectivity index (χ3n) is 6.45. The van der Waals surface area contributed by atoms with Gasteiger partial charge in [-0.25, -0.2) is 0 Å². The molecular formula is C23H27N3O3. The van der Waals surface area contributed by atoms with E-state index >= 15 is 0 Å². The summed E-state index contributed by atoms with van der Waals surface area (Å²) in [6.07, 6.45) is 6.61. The van der Waals surface area contributed by atoms with E-state index in [0.717, 1.165) is 36.1 Å². The van der Waals surface area contributed by atoms with Gasteiger partial charge in [-0.05, 0) is 55.2 Å². The average Bonchev–Trinajstić information content (AvgIpc) is 3.14. The van der Waals surface area contributed by atoms with Crippen molar-refractivity contribution in [3.63, 3.8) is 0 Å². The van der Waals surface area contributed by atoms with Crippen LogP contribution in [0.2, 0.25) is 0 Å². The average molecular weight is 393 g/mol. The first kappa shape index (κ1) is 19.4. The smallest absolute Gasteiger partial charge is 0.254 e. The normalized spacial score (nSPS) is 19.7. The Kier molecular flexibility index (Phi) is 5.26. The Labute approximate surface area is 171 Å². The zero-order valence-corrected chi connectivity index (χ0v) is 17.0. The Morgan fingerprint density at radius 3 is 2.76 bits per heavy atom. The van der Waals surface area contributed by atoms with Crippen LogP contribution in [0.4, 0.5) is 0 Å². The molecule has 2 amide bonds. The molecule has 1 saturated heterocycles. The van der Waals surface area contributed by atoms with E-state index in [1.165, 1.54) is 0 Å². The van der Waals surface area contributed by atoms with Crippen LogP contribution < -0.4 is 10.1 Å². The van der Waals surface area contributed by atoms with Crippen molar-refractivity contribution in [2.75, 3.05) is 20.2 Å². The molecule has 4 rings (SSSR count). The number of hydrogen-bond acceptors (Lipinski definition) is 4. The van der Waals surface area contributed by atoms with E-state index in [1.54, 1.807) is 19.5 Å². The van der Waals surface area contributed by atoms with Gasteiger partial charge in [0.1, 0.15) is 5.75 Å². The highest BCUT2D eigenvalue weighted by Crippen LogP contribution is 2.52. The maximum absolute atomic E-state index is 13.2. The van der Waals surface area contributed by atoms with Gasteiger partial charge in [0.25, 0.3) is 5.91 Å². The summed E-state index contributed by atoms with van der Waals surface area (Å²) >= 11 is 0. The van der Waals surface area contributed by atoms with E-state index in [0.29, 0.717) is 25.2 Å². The lowest BCUT2D eigenvalue weighted by Gasteiger charge is -2.41. The number of methoxy groups -OCH3 is 1. The lowest BCUT2D eigenvalue weighted by Crippen LogP contribution is -2.45. The highest BCUT2D eigenvalue weighted by Gasteiger charge is 2.54. The predicted octanol–water partition coefficient (Wildman–Crippen LogP) is 2.96. The fraction of sp³-hybridized carbons (Fsp3) is 0.435. The van der Waals surface area contributed by atoms with Gasteiger partial charge in [0, 0.05) is 43.0 Å². The summed E-state index contributed by atoms with van der Waals surface area (Å²) in [7, 11) is 1.62. The summed E-state index contributed by atoms with van der Waals surface area (Å²) in [5.41, 5.74) is 2.47. The number of rotatable bonds is 5. The number of benzene rings is 1. The molecule has 1 aromatic carbocycles. The van der Waals surface area contributed by atoms with Gasteiger partial charge in [-0.2, -0.15) is 0 Å². The Balaban J connectivity index is 1.47. The molecule has 1 saturated carbocycles. The molecule has 0 radical (unpaired) electrons. The van der Waals surface area contributed by atoms with Crippen molar-refractivity contribution < 1.29 is 14.3 Å². The second-order valence-electron chi connectivity index (χ2n) is 8.21. The molecule has 0 bridgehead atoms. The van der Waals surface area contributed by atoms with Crippen molar-refractivity contribution in [3.05, 3.63) is 59.4 Å². The summed E-state index contributed by atoms with van der Waals surface area (Å²) in [4.78, 5) is 32.1. The molecular weight excluding hydrogens is 366 g/mol. The molecule has 6 nitrogen and oxygen atoms in total. The van der Waals surface area contributed by atoms with Gasteiger partial charge in [-0.15, -0.1) is 0 Å². The predicted molar refractivity (Wildman–Crippen MR) is 109 cm³/mol. The van der Waals surface area contributed by atoms with Gasteiger partial charge in [0.15, 0.2) is 0 Å². The number of nitrogens with one attached hydrogen (secondary N) is 1. The van der Waals surface area contributed by atoms with Crippen molar-refractivity contribution in [1.82, 2.24) is 15.2 Å². The Hall–Kier alpha value is -2.89. The minimum absolute atomic E-state index is 0.000938. The number of ether oxygens (including phenoxy) is 1. The van der Waals surface area contributed by atoms with Crippen LogP contribution in [0.15, 0.2) is 42.7 Å². The molecule has 1 aliphatic carbocycles. The number of carbonyl (C=O) groups is 2. The lowest BCUT2D eigenvalue weighted by atomic mass is 9.62. The molecule has 1 N–H and O–H groups in total. The highest BCUT2D eigenvalue weighted by molar-refractivity contribution is 5.96. The number of carbonyl (C=O) groups excluding carboxylic acids is 2. The molecule has 29 heavy (non-hydrogen) atoms. The summed E-state index contributed by atoms with van der Waals surface area (Å²) in [6.45, 7) is 3.51. The molecule has 1 spiro atoms. The highest BCUT2D eigenvalue weighted by atomic mass is 16.5. The van der Waals surface area contributed by atoms with Gasteiger partial charge in [-0.1, -0.05) is 12.5 Å². The number of aryl methyl sites for hydroxylation is 1. The number of likely N-dealkylation sites (tertiary alicyclic amines) is 1. The van der Waals surface area contributed by atoms with Crippen molar-refractivity contribution in [2.24, 2.45) is 11.3 Å². The standard InChI is InChI=1S/C23H27N3O3/c1-16-11-18(29-2)6-7-19(16)22(28)26-14-20(23(15-26)8-4-9-23)21(27)25-13-17-5-3-10-24-12-17/h3,5-7,10-12,20H,4,8-9,13-15H2,1-2H3,(H,25,27). The zero-order chi connectivity index (χ0) is 20.4. The second kappa shape index (κ2) is 7.85. The molecule has 152 valence electrons. The number of amides is 2. The van der Waals surface area contributed by atoms with Crippen molar-refractivity contribution in [1.29, 1.82) is 0 Å². The molecule has 1 unspecified atom stereocenters. The number of nitrogens with zero attached hydrogens (tertiary/aromatic N) is 2. The maximum Gasteiger partial charge on any atom is 0.254 e. The summed E-state index contributed by atoms with van der Waals surface area (Å²) in [5, 5.41) is 3.06. The summed E-state index contributed by atoms with van der Waals surface area (Å²) in [6, 6.07) is 9.32. The van der Waals surface area contributed by atoms with E-state index < -0.39 is 0 Å². The van der Waals surface area contributed by atoms with Gasteiger partial charge in [-0.3, -0.25) is 14.6 Å². The van der Waals surface area contributed by atoms with Gasteiger partial charge >= 0.3 is 0 Å². The van der Waals surface area contributed by atoms with Crippen LogP contribution in [-0.4, -0.2) is 41.9 Å². The van der Waals surface area contributed by atoms with Crippen LogP contribution in [0.5, 0.6) is 5.75 Å². The number of pyridine rings is 1. The van der Waals surface area contributed by atoms with Crippen molar-refractivity contribution in [2.45, 2.75) is 32.7 Å². The fourth-order valence-corrected chi connectivity index (χ4v) is 4.61. The Bertz CT molecular complexity index is 909. The summed E-state index contributed by atoms with van der Waals surface area (Å²) < 4.78 is 5.24. The third kappa shape index (κ3) is 3.71. The maximum atomic E-state index is 13.2. The molecule has 2 fully saturated rings. The number of hydrogen-bond donors (Lipinski definition) is 1. The van der Waals surface area contributed by atoms with Crippen LogP contribution in [0.25, 0.3) is 0 Å². The lowest BCUT2D eigenvalue weighted by molar-refractivity contribution is -0.129. The van der Waals surface area contributed by atoms with Crippen molar-refractivity contribution in [3.8, 4) is 5.75 Å². The van der Waals surface area contributed by atoms with Crippen LogP contribution >= 0.6 is 0 Å².